The molecule has 0 saturated carbocycles. The van der Waals surface area contributed by atoms with Crippen LogP contribution in [0.3, 0.4) is 0 Å². The van der Waals surface area contributed by atoms with Crippen LogP contribution in [-0.2, 0) is 4.74 Å². The second-order valence-electron chi connectivity index (χ2n) is 4.58. The fourth-order valence-corrected chi connectivity index (χ4v) is 2.87. The molecule has 5 nitrogen and oxygen atoms in total. The molecule has 6 heteroatoms. The topological polar surface area (TPSA) is 63.2 Å². The van der Waals surface area contributed by atoms with Crippen LogP contribution in [0.4, 0.5) is 10.5 Å². The number of urea groups is 1. The molecule has 0 radical (unpaired) electrons. The van der Waals surface area contributed by atoms with Gasteiger partial charge in [0, 0.05) is 29.9 Å². The highest BCUT2D eigenvalue weighted by molar-refractivity contribution is 7.08. The van der Waals surface area contributed by atoms with Gasteiger partial charge in [-0.05, 0) is 23.9 Å². The van der Waals surface area contributed by atoms with Gasteiger partial charge in [-0.1, -0.05) is 6.07 Å². The molecule has 0 aliphatic carbocycles. The summed E-state index contributed by atoms with van der Waals surface area (Å²) in [6.07, 6.45) is 4.18. The first-order chi connectivity index (χ1) is 9.83. The van der Waals surface area contributed by atoms with E-state index in [0.717, 1.165) is 17.7 Å². The number of hydrogen-bond donors (Lipinski definition) is 2. The van der Waals surface area contributed by atoms with Gasteiger partial charge in [-0.3, -0.25) is 4.98 Å². The summed E-state index contributed by atoms with van der Waals surface area (Å²) >= 11 is 1.55. The molecule has 3 heterocycles. The van der Waals surface area contributed by atoms with Gasteiger partial charge in [0.25, 0.3) is 0 Å². The fourth-order valence-electron chi connectivity index (χ4n) is 2.28. The van der Waals surface area contributed by atoms with Crippen molar-refractivity contribution in [3.05, 3.63) is 46.9 Å². The minimum absolute atomic E-state index is 0.0298. The van der Waals surface area contributed by atoms with Crippen LogP contribution in [0.1, 0.15) is 18.1 Å². The summed E-state index contributed by atoms with van der Waals surface area (Å²) in [5.41, 5.74) is 1.80. The van der Waals surface area contributed by atoms with E-state index in [1.54, 1.807) is 23.7 Å². The Balaban J connectivity index is 1.63. The predicted molar refractivity (Wildman–Crippen MR) is 77.8 cm³/mol. The van der Waals surface area contributed by atoms with Crippen molar-refractivity contribution in [2.75, 3.05) is 11.9 Å². The molecule has 2 atom stereocenters. The maximum absolute atomic E-state index is 12.0. The van der Waals surface area contributed by atoms with E-state index in [4.69, 9.17) is 4.74 Å². The second-order valence-corrected chi connectivity index (χ2v) is 5.36. The lowest BCUT2D eigenvalue weighted by molar-refractivity contribution is 0.100. The van der Waals surface area contributed by atoms with Crippen molar-refractivity contribution >= 4 is 23.1 Å². The SMILES string of the molecule is O=C(Nc1ccsc1)N[C@H]1CCO[C@@H]1c1cccnc1. The Morgan fingerprint density at radius 1 is 1.45 bits per heavy atom. The first kappa shape index (κ1) is 13.1. The van der Waals surface area contributed by atoms with Crippen LogP contribution in [0.15, 0.2) is 41.4 Å². The van der Waals surface area contributed by atoms with E-state index in [2.05, 4.69) is 15.6 Å². The third kappa shape index (κ3) is 2.97. The molecule has 1 aliphatic rings. The molecule has 1 aliphatic heterocycles. The monoisotopic (exact) mass is 289 g/mol. The standard InChI is InChI=1S/C14H15N3O2S/c18-14(16-11-4-7-20-9-11)17-12-3-6-19-13(12)10-2-1-5-15-8-10/h1-2,4-5,7-9,12-13H,3,6H2,(H2,16,17,18)/t12-,13+/m0/s1. The number of carbonyl (C=O) groups excluding carboxylic acids is 1. The number of nitrogens with zero attached hydrogens (tertiary/aromatic N) is 1. The number of aromatic nitrogens is 1. The Morgan fingerprint density at radius 2 is 2.40 bits per heavy atom. The molecular weight excluding hydrogens is 274 g/mol. The largest absolute Gasteiger partial charge is 0.371 e. The Bertz CT molecular complexity index is 559. The zero-order chi connectivity index (χ0) is 13.8. The molecule has 20 heavy (non-hydrogen) atoms. The highest BCUT2D eigenvalue weighted by Crippen LogP contribution is 2.28. The summed E-state index contributed by atoms with van der Waals surface area (Å²) in [7, 11) is 0. The average Bonchev–Trinajstić information content (AvgIpc) is 3.11. The quantitative estimate of drug-likeness (QED) is 0.913. The van der Waals surface area contributed by atoms with E-state index in [9.17, 15) is 4.79 Å². The van der Waals surface area contributed by atoms with Crippen molar-refractivity contribution in [1.29, 1.82) is 0 Å². The lowest BCUT2D eigenvalue weighted by Gasteiger charge is -2.20. The van der Waals surface area contributed by atoms with E-state index in [1.165, 1.54) is 0 Å². The number of rotatable bonds is 3. The molecule has 104 valence electrons. The highest BCUT2D eigenvalue weighted by atomic mass is 32.1. The molecule has 0 bridgehead atoms. The Morgan fingerprint density at radius 3 is 3.15 bits per heavy atom. The first-order valence-corrected chi connectivity index (χ1v) is 7.38. The summed E-state index contributed by atoms with van der Waals surface area (Å²) in [5, 5.41) is 9.59. The summed E-state index contributed by atoms with van der Waals surface area (Å²) in [6, 6.07) is 5.48. The smallest absolute Gasteiger partial charge is 0.319 e. The Kier molecular flexibility index (Phi) is 3.94. The van der Waals surface area contributed by atoms with E-state index < -0.39 is 0 Å². The Hall–Kier alpha value is -1.92. The van der Waals surface area contributed by atoms with Crippen LogP contribution >= 0.6 is 11.3 Å². The number of thiophene rings is 1. The molecule has 2 N–H and O–H groups in total. The van der Waals surface area contributed by atoms with Gasteiger partial charge in [0.2, 0.25) is 0 Å². The van der Waals surface area contributed by atoms with Gasteiger partial charge in [0.1, 0.15) is 6.10 Å². The van der Waals surface area contributed by atoms with Gasteiger partial charge in [-0.25, -0.2) is 4.79 Å². The minimum atomic E-state index is -0.201. The molecule has 3 rings (SSSR count). The minimum Gasteiger partial charge on any atom is -0.371 e. The van der Waals surface area contributed by atoms with Crippen molar-refractivity contribution < 1.29 is 9.53 Å². The van der Waals surface area contributed by atoms with Gasteiger partial charge in [-0.15, -0.1) is 0 Å². The van der Waals surface area contributed by atoms with Crippen LogP contribution in [0, 0.1) is 0 Å². The third-order valence-electron chi connectivity index (χ3n) is 3.20. The summed E-state index contributed by atoms with van der Waals surface area (Å²) < 4.78 is 5.71. The summed E-state index contributed by atoms with van der Waals surface area (Å²) in [4.78, 5) is 16.1. The van der Waals surface area contributed by atoms with Crippen molar-refractivity contribution in [2.45, 2.75) is 18.6 Å². The van der Waals surface area contributed by atoms with Gasteiger partial charge >= 0.3 is 6.03 Å². The lowest BCUT2D eigenvalue weighted by atomic mass is 10.0. The number of nitrogens with one attached hydrogen (secondary N) is 2. The number of ether oxygens (including phenoxy) is 1. The zero-order valence-electron chi connectivity index (χ0n) is 10.8. The molecule has 0 aromatic carbocycles. The maximum atomic E-state index is 12.0. The molecule has 0 spiro atoms. The maximum Gasteiger partial charge on any atom is 0.319 e. The van der Waals surface area contributed by atoms with Crippen molar-refractivity contribution in [1.82, 2.24) is 10.3 Å². The number of hydrogen-bond acceptors (Lipinski definition) is 4. The molecular formula is C14H15N3O2S. The first-order valence-electron chi connectivity index (χ1n) is 6.44. The number of amides is 2. The molecule has 2 amide bonds. The average molecular weight is 289 g/mol. The van der Waals surface area contributed by atoms with Crippen LogP contribution in [0.5, 0.6) is 0 Å². The second kappa shape index (κ2) is 6.02. The zero-order valence-corrected chi connectivity index (χ0v) is 11.6. The Labute approximate surface area is 121 Å². The van der Waals surface area contributed by atoms with E-state index in [0.29, 0.717) is 6.61 Å². The number of anilines is 1. The summed E-state index contributed by atoms with van der Waals surface area (Å²) in [6.45, 7) is 0.642. The number of carbonyl (C=O) groups is 1. The van der Waals surface area contributed by atoms with E-state index in [-0.39, 0.29) is 18.2 Å². The van der Waals surface area contributed by atoms with Crippen molar-refractivity contribution in [3.63, 3.8) is 0 Å². The highest BCUT2D eigenvalue weighted by Gasteiger charge is 2.31. The number of pyridine rings is 1. The van der Waals surface area contributed by atoms with Crippen molar-refractivity contribution in [2.24, 2.45) is 0 Å². The lowest BCUT2D eigenvalue weighted by Crippen LogP contribution is -2.39. The molecule has 0 unspecified atom stereocenters. The van der Waals surface area contributed by atoms with Crippen LogP contribution in [0.25, 0.3) is 0 Å². The van der Waals surface area contributed by atoms with Crippen LogP contribution in [0.2, 0.25) is 0 Å². The molecule has 2 aromatic heterocycles. The van der Waals surface area contributed by atoms with Crippen LogP contribution in [-0.4, -0.2) is 23.7 Å². The molecule has 1 fully saturated rings. The predicted octanol–water partition coefficient (Wildman–Crippen LogP) is 2.79. The fraction of sp³-hybridized carbons (Fsp3) is 0.286. The van der Waals surface area contributed by atoms with Gasteiger partial charge in [0.05, 0.1) is 11.7 Å². The van der Waals surface area contributed by atoms with Gasteiger partial charge < -0.3 is 15.4 Å². The van der Waals surface area contributed by atoms with Crippen molar-refractivity contribution in [3.8, 4) is 0 Å². The normalized spacial score (nSPS) is 21.6. The van der Waals surface area contributed by atoms with E-state index in [1.807, 2.05) is 29.0 Å². The third-order valence-corrected chi connectivity index (χ3v) is 3.88. The summed E-state index contributed by atoms with van der Waals surface area (Å²) in [5.74, 6) is 0. The van der Waals surface area contributed by atoms with E-state index >= 15 is 0 Å². The molecule has 1 saturated heterocycles. The van der Waals surface area contributed by atoms with Gasteiger partial charge in [0.15, 0.2) is 0 Å². The van der Waals surface area contributed by atoms with Gasteiger partial charge in [-0.2, -0.15) is 11.3 Å². The molecule has 2 aromatic rings. The van der Waals surface area contributed by atoms with Crippen LogP contribution < -0.4 is 10.6 Å².